The number of hydrogen-bond donors (Lipinski definition) is 1. The summed E-state index contributed by atoms with van der Waals surface area (Å²) in [5.41, 5.74) is 4.15. The summed E-state index contributed by atoms with van der Waals surface area (Å²) in [5, 5.41) is 0. The van der Waals surface area contributed by atoms with Crippen molar-refractivity contribution in [3.8, 4) is 0 Å². The molecule has 0 radical (unpaired) electrons. The number of carbonyl (C=O) groups excluding carboxylic acids is 1. The molecule has 6 nitrogen and oxygen atoms in total. The number of H-pyrrole nitrogens is 1. The number of carbonyl (C=O) groups is 1. The van der Waals surface area contributed by atoms with E-state index >= 15 is 0 Å². The van der Waals surface area contributed by atoms with Crippen molar-refractivity contribution in [2.24, 2.45) is 0 Å². The van der Waals surface area contributed by atoms with Gasteiger partial charge in [0, 0.05) is 18.8 Å². The molecule has 32 heavy (non-hydrogen) atoms. The van der Waals surface area contributed by atoms with E-state index in [0.29, 0.717) is 22.5 Å². The van der Waals surface area contributed by atoms with Gasteiger partial charge in [0.1, 0.15) is 11.5 Å². The third-order valence-corrected chi connectivity index (χ3v) is 7.11. The van der Waals surface area contributed by atoms with Crippen LogP contribution in [0.4, 0.5) is 4.39 Å². The molecule has 2 aromatic carbocycles. The number of nitrogens with zero attached hydrogens (tertiary/aromatic N) is 1. The highest BCUT2D eigenvalue weighted by molar-refractivity contribution is 7.89. The number of sulfonamides is 1. The van der Waals surface area contributed by atoms with Crippen LogP contribution in [0.15, 0.2) is 53.4 Å². The molecule has 0 saturated heterocycles. The van der Waals surface area contributed by atoms with Crippen LogP contribution in [-0.2, 0) is 27.8 Å². The summed E-state index contributed by atoms with van der Waals surface area (Å²) in [6.45, 7) is 7.55. The van der Waals surface area contributed by atoms with Crippen molar-refractivity contribution in [2.45, 2.75) is 45.7 Å². The van der Waals surface area contributed by atoms with Gasteiger partial charge in [-0.25, -0.2) is 17.6 Å². The van der Waals surface area contributed by atoms with Crippen molar-refractivity contribution < 1.29 is 22.3 Å². The predicted octanol–water partition coefficient (Wildman–Crippen LogP) is 4.65. The highest BCUT2D eigenvalue weighted by Crippen LogP contribution is 2.26. The summed E-state index contributed by atoms with van der Waals surface area (Å²) in [4.78, 5) is 15.2. The molecule has 0 saturated carbocycles. The maximum absolute atomic E-state index is 13.8. The number of aromatic nitrogens is 1. The minimum Gasteiger partial charge on any atom is -0.461 e. The second kappa shape index (κ2) is 9.67. The first-order chi connectivity index (χ1) is 15.1. The number of hydrogen-bond acceptors (Lipinski definition) is 4. The molecule has 3 aromatic rings. The third kappa shape index (κ3) is 5.08. The number of benzene rings is 2. The SMILES string of the molecule is CCOC(=O)c1[nH]c(C)c(CN(Cc2ccc(C)cc2)S(=O)(=O)c2cccc(F)c2)c1C. The largest absolute Gasteiger partial charge is 0.461 e. The Morgan fingerprint density at radius 1 is 1.06 bits per heavy atom. The second-order valence-corrected chi connectivity index (χ2v) is 9.60. The monoisotopic (exact) mass is 458 g/mol. The molecule has 1 aromatic heterocycles. The molecular weight excluding hydrogens is 431 g/mol. The summed E-state index contributed by atoms with van der Waals surface area (Å²) in [7, 11) is -4.02. The standard InChI is InChI=1S/C24H27FN2O4S/c1-5-31-24(28)23-17(3)22(18(4)26-23)15-27(14-19-11-9-16(2)10-12-19)32(29,30)21-8-6-7-20(25)13-21/h6-13,26H,5,14-15H2,1-4H3. The van der Waals surface area contributed by atoms with Gasteiger partial charge >= 0.3 is 5.97 Å². The van der Waals surface area contributed by atoms with Gasteiger partial charge in [0.25, 0.3) is 0 Å². The molecule has 0 unspecified atom stereocenters. The number of halogens is 1. The Hall–Kier alpha value is -2.97. The van der Waals surface area contributed by atoms with Crippen LogP contribution in [0, 0.1) is 26.6 Å². The molecule has 0 bridgehead atoms. The van der Waals surface area contributed by atoms with E-state index in [-0.39, 0.29) is 24.6 Å². The Bertz CT molecular complexity index is 1220. The van der Waals surface area contributed by atoms with Crippen LogP contribution < -0.4 is 0 Å². The zero-order valence-electron chi connectivity index (χ0n) is 18.6. The quantitative estimate of drug-likeness (QED) is 0.499. The van der Waals surface area contributed by atoms with Crippen LogP contribution in [0.1, 0.15) is 45.4 Å². The van der Waals surface area contributed by atoms with Crippen molar-refractivity contribution in [2.75, 3.05) is 6.61 Å². The normalized spacial score (nSPS) is 11.7. The van der Waals surface area contributed by atoms with E-state index in [1.807, 2.05) is 31.2 Å². The maximum atomic E-state index is 13.8. The van der Waals surface area contributed by atoms with Crippen LogP contribution in [0.5, 0.6) is 0 Å². The lowest BCUT2D eigenvalue weighted by Gasteiger charge is -2.23. The van der Waals surface area contributed by atoms with E-state index in [2.05, 4.69) is 4.98 Å². The lowest BCUT2D eigenvalue weighted by molar-refractivity contribution is 0.0519. The van der Waals surface area contributed by atoms with Gasteiger partial charge in [-0.1, -0.05) is 35.9 Å². The van der Waals surface area contributed by atoms with E-state index in [1.165, 1.54) is 22.5 Å². The fraction of sp³-hybridized carbons (Fsp3) is 0.292. The molecular formula is C24H27FN2O4S. The fourth-order valence-electron chi connectivity index (χ4n) is 3.51. The first kappa shape index (κ1) is 23.7. The van der Waals surface area contributed by atoms with Gasteiger partial charge in [0.05, 0.1) is 11.5 Å². The van der Waals surface area contributed by atoms with Crippen molar-refractivity contribution >= 4 is 16.0 Å². The Labute approximate surface area is 188 Å². The van der Waals surface area contributed by atoms with Gasteiger partial charge in [0.2, 0.25) is 10.0 Å². The van der Waals surface area contributed by atoms with E-state index in [0.717, 1.165) is 17.2 Å². The molecule has 0 amide bonds. The molecule has 0 aliphatic heterocycles. The van der Waals surface area contributed by atoms with E-state index < -0.39 is 21.8 Å². The molecule has 8 heteroatoms. The highest BCUT2D eigenvalue weighted by atomic mass is 32.2. The summed E-state index contributed by atoms with van der Waals surface area (Å²) < 4.78 is 47.2. The van der Waals surface area contributed by atoms with Crippen molar-refractivity contribution in [1.82, 2.24) is 9.29 Å². The number of aromatic amines is 1. The molecule has 0 aliphatic carbocycles. The first-order valence-corrected chi connectivity index (χ1v) is 11.7. The maximum Gasteiger partial charge on any atom is 0.355 e. The third-order valence-electron chi connectivity index (χ3n) is 5.32. The Balaban J connectivity index is 2.03. The smallest absolute Gasteiger partial charge is 0.355 e. The summed E-state index contributed by atoms with van der Waals surface area (Å²) in [5.74, 6) is -1.11. The topological polar surface area (TPSA) is 79.5 Å². The molecule has 0 spiro atoms. The van der Waals surface area contributed by atoms with Gasteiger partial charge in [-0.3, -0.25) is 0 Å². The minimum absolute atomic E-state index is 0.0142. The number of nitrogens with one attached hydrogen (secondary N) is 1. The van der Waals surface area contributed by atoms with Gasteiger partial charge in [-0.2, -0.15) is 4.31 Å². The van der Waals surface area contributed by atoms with Crippen molar-refractivity contribution in [1.29, 1.82) is 0 Å². The zero-order chi connectivity index (χ0) is 23.5. The average Bonchev–Trinajstić information content (AvgIpc) is 3.03. The molecule has 0 aliphatic rings. The average molecular weight is 459 g/mol. The number of rotatable bonds is 8. The molecule has 170 valence electrons. The van der Waals surface area contributed by atoms with Gasteiger partial charge < -0.3 is 9.72 Å². The molecule has 0 atom stereocenters. The van der Waals surface area contributed by atoms with Crippen LogP contribution >= 0.6 is 0 Å². The van der Waals surface area contributed by atoms with Gasteiger partial charge in [-0.15, -0.1) is 0 Å². The second-order valence-electron chi connectivity index (χ2n) is 7.67. The van der Waals surface area contributed by atoms with Crippen LogP contribution in [-0.4, -0.2) is 30.3 Å². The number of esters is 1. The van der Waals surface area contributed by atoms with Gasteiger partial charge in [0.15, 0.2) is 0 Å². The Kier molecular flexibility index (Phi) is 7.16. The summed E-state index contributed by atoms with van der Waals surface area (Å²) >= 11 is 0. The number of aryl methyl sites for hydroxylation is 2. The summed E-state index contributed by atoms with van der Waals surface area (Å²) in [6, 6.07) is 12.5. The van der Waals surface area contributed by atoms with E-state index in [9.17, 15) is 17.6 Å². The van der Waals surface area contributed by atoms with E-state index in [1.54, 1.807) is 20.8 Å². The van der Waals surface area contributed by atoms with Crippen molar-refractivity contribution in [3.05, 3.63) is 88.0 Å². The lowest BCUT2D eigenvalue weighted by Crippen LogP contribution is -2.30. The van der Waals surface area contributed by atoms with Crippen LogP contribution in [0.25, 0.3) is 0 Å². The Morgan fingerprint density at radius 3 is 2.38 bits per heavy atom. The minimum atomic E-state index is -4.02. The molecule has 0 fully saturated rings. The van der Waals surface area contributed by atoms with Crippen LogP contribution in [0.3, 0.4) is 0 Å². The molecule has 1 N–H and O–H groups in total. The van der Waals surface area contributed by atoms with Gasteiger partial charge in [-0.05, 0) is 62.6 Å². The lowest BCUT2D eigenvalue weighted by atomic mass is 10.1. The number of ether oxygens (including phenoxy) is 1. The van der Waals surface area contributed by atoms with Crippen molar-refractivity contribution in [3.63, 3.8) is 0 Å². The zero-order valence-corrected chi connectivity index (χ0v) is 19.4. The first-order valence-electron chi connectivity index (χ1n) is 10.3. The van der Waals surface area contributed by atoms with Crippen LogP contribution in [0.2, 0.25) is 0 Å². The Morgan fingerprint density at radius 2 is 1.75 bits per heavy atom. The fourth-order valence-corrected chi connectivity index (χ4v) is 4.94. The summed E-state index contributed by atoms with van der Waals surface area (Å²) in [6.07, 6.45) is 0. The highest BCUT2D eigenvalue weighted by Gasteiger charge is 2.28. The molecule has 1 heterocycles. The van der Waals surface area contributed by atoms with E-state index in [4.69, 9.17) is 4.74 Å². The molecule has 3 rings (SSSR count). The predicted molar refractivity (Wildman–Crippen MR) is 120 cm³/mol.